The van der Waals surface area contributed by atoms with Crippen LogP contribution in [0.25, 0.3) is 11.1 Å². The predicted molar refractivity (Wildman–Crippen MR) is 109 cm³/mol. The van der Waals surface area contributed by atoms with Gasteiger partial charge in [-0.1, -0.05) is 61.3 Å². The van der Waals surface area contributed by atoms with Crippen molar-refractivity contribution in [3.63, 3.8) is 0 Å². The first-order valence-corrected chi connectivity index (χ1v) is 9.91. The van der Waals surface area contributed by atoms with Crippen molar-refractivity contribution in [1.82, 2.24) is 10.6 Å². The summed E-state index contributed by atoms with van der Waals surface area (Å²) in [6.45, 7) is 7.98. The number of nitrogens with one attached hydrogen (secondary N) is 2. The first kappa shape index (κ1) is 18.7. The maximum Gasteiger partial charge on any atom is 0.0493 e. The summed E-state index contributed by atoms with van der Waals surface area (Å²) in [5.41, 5.74) is 4.58. The van der Waals surface area contributed by atoms with Crippen LogP contribution in [0.1, 0.15) is 37.8 Å². The molecule has 2 nitrogen and oxygen atoms in total. The van der Waals surface area contributed by atoms with Crippen LogP contribution in [0.15, 0.2) is 36.4 Å². The van der Waals surface area contributed by atoms with E-state index in [1.807, 2.05) is 24.3 Å². The first-order chi connectivity index (χ1) is 12.2. The van der Waals surface area contributed by atoms with Gasteiger partial charge in [0.25, 0.3) is 0 Å². The van der Waals surface area contributed by atoms with Crippen molar-refractivity contribution in [2.24, 2.45) is 0 Å². The summed E-state index contributed by atoms with van der Waals surface area (Å²) >= 11 is 13.4. The zero-order chi connectivity index (χ0) is 17.9. The first-order valence-electron chi connectivity index (χ1n) is 9.15. The second kappa shape index (κ2) is 8.09. The summed E-state index contributed by atoms with van der Waals surface area (Å²) in [7, 11) is 0. The van der Waals surface area contributed by atoms with Gasteiger partial charge in [0.1, 0.15) is 0 Å². The molecule has 0 spiro atoms. The number of benzene rings is 2. The number of hydrogen-bond donors (Lipinski definition) is 2. The second-order valence-corrected chi connectivity index (χ2v) is 7.57. The van der Waals surface area contributed by atoms with Crippen LogP contribution in [0.4, 0.5) is 0 Å². The van der Waals surface area contributed by atoms with Crippen LogP contribution in [0.2, 0.25) is 10.0 Å². The Hall–Kier alpha value is -1.06. The Morgan fingerprint density at radius 1 is 0.760 bits per heavy atom. The Bertz CT molecular complexity index is 679. The average Bonchev–Trinajstić information content (AvgIpc) is 2.89. The van der Waals surface area contributed by atoms with Crippen LogP contribution in [0.5, 0.6) is 0 Å². The quantitative estimate of drug-likeness (QED) is 0.614. The molecule has 25 heavy (non-hydrogen) atoms. The SMILES string of the molecule is CCCNCC1(CNCCC)c2c(Cl)cccc2-c2cccc(Cl)c21. The predicted octanol–water partition coefficient (Wildman–Crippen LogP) is 5.26. The lowest BCUT2D eigenvalue weighted by atomic mass is 9.77. The summed E-state index contributed by atoms with van der Waals surface area (Å²) in [6, 6.07) is 12.4. The molecule has 0 unspecified atom stereocenters. The minimum Gasteiger partial charge on any atom is -0.315 e. The third-order valence-electron chi connectivity index (χ3n) is 4.98. The highest BCUT2D eigenvalue weighted by atomic mass is 35.5. The van der Waals surface area contributed by atoms with Crippen LogP contribution in [-0.4, -0.2) is 26.2 Å². The average molecular weight is 377 g/mol. The molecule has 4 heteroatoms. The molecule has 0 radical (unpaired) electrons. The fraction of sp³-hybridized carbons (Fsp3) is 0.429. The van der Waals surface area contributed by atoms with Crippen molar-refractivity contribution in [2.75, 3.05) is 26.2 Å². The van der Waals surface area contributed by atoms with Crippen LogP contribution in [0.3, 0.4) is 0 Å². The van der Waals surface area contributed by atoms with E-state index in [9.17, 15) is 0 Å². The molecule has 134 valence electrons. The van der Waals surface area contributed by atoms with E-state index in [2.05, 4.69) is 36.6 Å². The molecule has 1 aliphatic rings. The van der Waals surface area contributed by atoms with Gasteiger partial charge in [0.2, 0.25) is 0 Å². The Labute approximate surface area is 160 Å². The van der Waals surface area contributed by atoms with Gasteiger partial charge in [-0.3, -0.25) is 0 Å². The molecule has 0 heterocycles. The molecule has 1 aliphatic carbocycles. The molecular weight excluding hydrogens is 351 g/mol. The Kier molecular flexibility index (Phi) is 6.06. The van der Waals surface area contributed by atoms with E-state index in [0.29, 0.717) is 0 Å². The Balaban J connectivity index is 2.17. The number of fused-ring (bicyclic) bond motifs is 3. The maximum absolute atomic E-state index is 6.72. The van der Waals surface area contributed by atoms with Gasteiger partial charge in [-0.2, -0.15) is 0 Å². The molecule has 2 N–H and O–H groups in total. The van der Waals surface area contributed by atoms with Crippen molar-refractivity contribution in [2.45, 2.75) is 32.1 Å². The van der Waals surface area contributed by atoms with Crippen molar-refractivity contribution in [3.05, 3.63) is 57.6 Å². The number of rotatable bonds is 8. The minimum atomic E-state index is -0.244. The van der Waals surface area contributed by atoms with E-state index in [4.69, 9.17) is 23.2 Å². The van der Waals surface area contributed by atoms with Gasteiger partial charge in [-0.05, 0) is 60.3 Å². The summed E-state index contributed by atoms with van der Waals surface area (Å²) in [4.78, 5) is 0. The molecule has 0 amide bonds. The van der Waals surface area contributed by atoms with Crippen LogP contribution in [0, 0.1) is 0 Å². The molecule has 2 aromatic carbocycles. The molecule has 2 aromatic rings. The molecule has 0 atom stereocenters. The normalized spacial score (nSPS) is 14.4. The largest absolute Gasteiger partial charge is 0.315 e. The van der Waals surface area contributed by atoms with E-state index in [0.717, 1.165) is 49.1 Å². The van der Waals surface area contributed by atoms with Gasteiger partial charge in [-0.15, -0.1) is 0 Å². The third-order valence-corrected chi connectivity index (χ3v) is 5.61. The van der Waals surface area contributed by atoms with Crippen molar-refractivity contribution < 1.29 is 0 Å². The lowest BCUT2D eigenvalue weighted by Gasteiger charge is -2.34. The Morgan fingerprint density at radius 2 is 1.20 bits per heavy atom. The highest BCUT2D eigenvalue weighted by Gasteiger charge is 2.45. The summed E-state index contributed by atoms with van der Waals surface area (Å²) in [5.74, 6) is 0. The van der Waals surface area contributed by atoms with Gasteiger partial charge in [0, 0.05) is 28.5 Å². The minimum absolute atomic E-state index is 0.244. The lowest BCUT2D eigenvalue weighted by molar-refractivity contribution is 0.438. The van der Waals surface area contributed by atoms with E-state index in [-0.39, 0.29) is 5.41 Å². The topological polar surface area (TPSA) is 24.1 Å². The molecular formula is C21H26Cl2N2. The molecule has 3 rings (SSSR count). The molecule has 0 bridgehead atoms. The van der Waals surface area contributed by atoms with E-state index in [1.165, 1.54) is 22.3 Å². The van der Waals surface area contributed by atoms with Gasteiger partial charge in [0.15, 0.2) is 0 Å². The molecule has 0 saturated heterocycles. The zero-order valence-corrected chi connectivity index (χ0v) is 16.5. The molecule has 0 fully saturated rings. The standard InChI is InChI=1S/C21H26Cl2N2/c1-3-11-24-13-21(14-25-12-4-2)19-15(7-5-9-17(19)22)16-8-6-10-18(23)20(16)21/h5-10,24-25H,3-4,11-14H2,1-2H3. The fourth-order valence-electron chi connectivity index (χ4n) is 3.97. The van der Waals surface area contributed by atoms with E-state index in [1.54, 1.807) is 0 Å². The monoisotopic (exact) mass is 376 g/mol. The third kappa shape index (κ3) is 3.33. The second-order valence-electron chi connectivity index (χ2n) is 6.76. The molecule has 0 saturated carbocycles. The lowest BCUT2D eigenvalue weighted by Crippen LogP contribution is -2.46. The van der Waals surface area contributed by atoms with Crippen LogP contribution < -0.4 is 10.6 Å². The van der Waals surface area contributed by atoms with Gasteiger partial charge >= 0.3 is 0 Å². The smallest absolute Gasteiger partial charge is 0.0493 e. The van der Waals surface area contributed by atoms with E-state index < -0.39 is 0 Å². The Morgan fingerprint density at radius 3 is 1.60 bits per heavy atom. The molecule has 0 aromatic heterocycles. The van der Waals surface area contributed by atoms with Gasteiger partial charge < -0.3 is 10.6 Å². The summed E-state index contributed by atoms with van der Waals surface area (Å²) in [5, 5.41) is 8.89. The van der Waals surface area contributed by atoms with E-state index >= 15 is 0 Å². The van der Waals surface area contributed by atoms with Crippen LogP contribution >= 0.6 is 23.2 Å². The highest BCUT2D eigenvalue weighted by molar-refractivity contribution is 6.34. The molecule has 0 aliphatic heterocycles. The number of halogens is 2. The van der Waals surface area contributed by atoms with Crippen molar-refractivity contribution in [3.8, 4) is 11.1 Å². The van der Waals surface area contributed by atoms with Gasteiger partial charge in [-0.25, -0.2) is 0 Å². The highest BCUT2D eigenvalue weighted by Crippen LogP contribution is 2.53. The summed E-state index contributed by atoms with van der Waals surface area (Å²) < 4.78 is 0. The maximum atomic E-state index is 6.72. The van der Waals surface area contributed by atoms with Gasteiger partial charge in [0.05, 0.1) is 0 Å². The number of hydrogen-bond acceptors (Lipinski definition) is 2. The van der Waals surface area contributed by atoms with Crippen molar-refractivity contribution >= 4 is 23.2 Å². The fourth-order valence-corrected chi connectivity index (χ4v) is 4.68. The zero-order valence-electron chi connectivity index (χ0n) is 15.0. The summed E-state index contributed by atoms with van der Waals surface area (Å²) in [6.07, 6.45) is 2.20. The van der Waals surface area contributed by atoms with Crippen LogP contribution in [-0.2, 0) is 5.41 Å². The van der Waals surface area contributed by atoms with Crippen molar-refractivity contribution in [1.29, 1.82) is 0 Å².